The minimum Gasteiger partial charge on any atom is -0.397 e. The second-order valence-corrected chi connectivity index (χ2v) is 3.96. The predicted molar refractivity (Wildman–Crippen MR) is 72.9 cm³/mol. The Labute approximate surface area is 110 Å². The summed E-state index contributed by atoms with van der Waals surface area (Å²) >= 11 is 0. The van der Waals surface area contributed by atoms with Crippen LogP contribution in [0.15, 0.2) is 60.1 Å². The lowest BCUT2D eigenvalue weighted by atomic mass is 10.1. The number of oxime groups is 1. The van der Waals surface area contributed by atoms with Crippen molar-refractivity contribution in [3.8, 4) is 0 Å². The summed E-state index contributed by atoms with van der Waals surface area (Å²) in [6.45, 7) is 0. The van der Waals surface area contributed by atoms with Crippen molar-refractivity contribution in [3.05, 3.63) is 60.6 Å². The highest BCUT2D eigenvalue weighted by Crippen LogP contribution is 2.14. The van der Waals surface area contributed by atoms with Crippen molar-refractivity contribution >= 4 is 16.7 Å². The van der Waals surface area contributed by atoms with E-state index in [0.29, 0.717) is 5.84 Å². The first-order valence-corrected chi connectivity index (χ1v) is 5.85. The fraction of sp³-hybridized carbons (Fsp3) is 0.0714. The van der Waals surface area contributed by atoms with E-state index in [1.165, 1.54) is 7.11 Å². The van der Waals surface area contributed by atoms with Crippen LogP contribution in [-0.4, -0.2) is 27.7 Å². The molecule has 3 rings (SSSR count). The highest BCUT2D eigenvalue weighted by Gasteiger charge is 2.09. The molecule has 0 unspecified atom stereocenters. The quantitative estimate of drug-likeness (QED) is 0.399. The minimum absolute atomic E-state index is 0.603. The zero-order valence-electron chi connectivity index (χ0n) is 10.4. The Morgan fingerprint density at radius 2 is 2.16 bits per heavy atom. The van der Waals surface area contributed by atoms with E-state index < -0.39 is 0 Å². The second kappa shape index (κ2) is 4.89. The van der Waals surface area contributed by atoms with E-state index in [-0.39, 0.29) is 0 Å². The molecule has 5 heteroatoms. The molecule has 2 aromatic heterocycles. The molecule has 0 spiro atoms. The van der Waals surface area contributed by atoms with E-state index in [1.807, 2.05) is 42.6 Å². The average molecular weight is 252 g/mol. The molecular formula is C14H12N4O. The summed E-state index contributed by atoms with van der Waals surface area (Å²) in [7, 11) is 1.51. The Morgan fingerprint density at radius 3 is 2.95 bits per heavy atom. The van der Waals surface area contributed by atoms with Crippen molar-refractivity contribution in [1.82, 2.24) is 14.8 Å². The summed E-state index contributed by atoms with van der Waals surface area (Å²) in [5.41, 5.74) is 1.80. The standard InChI is InChI=1S/C14H12N4O/c1-19-17-14(18-8-4-7-16-18)12-9-11-5-2-3-6-13(11)15-10-12/h2-10H,1H3. The maximum Gasteiger partial charge on any atom is 0.201 e. The highest BCUT2D eigenvalue weighted by atomic mass is 16.6. The molecule has 0 saturated heterocycles. The molecule has 0 fully saturated rings. The van der Waals surface area contributed by atoms with Gasteiger partial charge >= 0.3 is 0 Å². The lowest BCUT2D eigenvalue weighted by Gasteiger charge is -2.06. The zero-order chi connectivity index (χ0) is 13.1. The lowest BCUT2D eigenvalue weighted by Crippen LogP contribution is -2.14. The van der Waals surface area contributed by atoms with Gasteiger partial charge in [-0.3, -0.25) is 4.98 Å². The van der Waals surface area contributed by atoms with Crippen LogP contribution in [0, 0.1) is 0 Å². The molecule has 0 aliphatic carbocycles. The van der Waals surface area contributed by atoms with E-state index in [9.17, 15) is 0 Å². The fourth-order valence-corrected chi connectivity index (χ4v) is 1.90. The van der Waals surface area contributed by atoms with Crippen LogP contribution in [0.25, 0.3) is 10.9 Å². The van der Waals surface area contributed by atoms with Gasteiger partial charge in [-0.1, -0.05) is 23.4 Å². The largest absolute Gasteiger partial charge is 0.397 e. The van der Waals surface area contributed by atoms with Crippen LogP contribution in [0.2, 0.25) is 0 Å². The van der Waals surface area contributed by atoms with Crippen molar-refractivity contribution in [2.75, 3.05) is 7.11 Å². The number of fused-ring (bicyclic) bond motifs is 1. The van der Waals surface area contributed by atoms with Gasteiger partial charge in [-0.05, 0) is 18.2 Å². The van der Waals surface area contributed by atoms with Gasteiger partial charge in [0.15, 0.2) is 0 Å². The fourth-order valence-electron chi connectivity index (χ4n) is 1.90. The van der Waals surface area contributed by atoms with E-state index in [1.54, 1.807) is 17.1 Å². The molecule has 2 heterocycles. The summed E-state index contributed by atoms with van der Waals surface area (Å²) in [6, 6.07) is 11.8. The van der Waals surface area contributed by atoms with E-state index in [4.69, 9.17) is 4.84 Å². The topological polar surface area (TPSA) is 52.3 Å². The molecule has 0 aliphatic rings. The van der Waals surface area contributed by atoms with Crippen molar-refractivity contribution < 1.29 is 4.84 Å². The second-order valence-electron chi connectivity index (χ2n) is 3.96. The van der Waals surface area contributed by atoms with Gasteiger partial charge in [0.25, 0.3) is 0 Å². The summed E-state index contributed by atoms with van der Waals surface area (Å²) in [6.07, 6.45) is 5.27. The van der Waals surface area contributed by atoms with Gasteiger partial charge in [-0.2, -0.15) is 5.10 Å². The Morgan fingerprint density at radius 1 is 1.26 bits per heavy atom. The van der Waals surface area contributed by atoms with Gasteiger partial charge in [-0.15, -0.1) is 0 Å². The molecule has 0 atom stereocenters. The van der Waals surface area contributed by atoms with Crippen LogP contribution >= 0.6 is 0 Å². The SMILES string of the molecule is CON=C(c1cnc2ccccc2c1)n1cccn1. The third-order valence-electron chi connectivity index (χ3n) is 2.75. The Hall–Kier alpha value is -2.69. The summed E-state index contributed by atoms with van der Waals surface area (Å²) in [5, 5.41) is 9.24. The Balaban J connectivity index is 2.13. The predicted octanol–water partition coefficient (Wildman–Crippen LogP) is 2.29. The monoisotopic (exact) mass is 252 g/mol. The molecule has 94 valence electrons. The molecule has 0 radical (unpaired) electrons. The molecule has 0 aliphatic heterocycles. The summed E-state index contributed by atoms with van der Waals surface area (Å²) in [4.78, 5) is 9.31. The highest BCUT2D eigenvalue weighted by molar-refractivity contribution is 6.01. The van der Waals surface area contributed by atoms with Gasteiger partial charge in [0.1, 0.15) is 7.11 Å². The van der Waals surface area contributed by atoms with Crippen LogP contribution in [0.3, 0.4) is 0 Å². The van der Waals surface area contributed by atoms with Crippen molar-refractivity contribution in [1.29, 1.82) is 0 Å². The first-order chi connectivity index (χ1) is 9.38. The molecule has 0 amide bonds. The number of hydrogen-bond acceptors (Lipinski definition) is 4. The van der Waals surface area contributed by atoms with Crippen LogP contribution in [0.4, 0.5) is 0 Å². The van der Waals surface area contributed by atoms with Crippen LogP contribution in [0.5, 0.6) is 0 Å². The maximum atomic E-state index is 4.89. The number of para-hydroxylation sites is 1. The third-order valence-corrected chi connectivity index (χ3v) is 2.75. The summed E-state index contributed by atoms with van der Waals surface area (Å²) in [5.74, 6) is 0.603. The molecular weight excluding hydrogens is 240 g/mol. The molecule has 0 bridgehead atoms. The molecule has 1 aromatic carbocycles. The van der Waals surface area contributed by atoms with E-state index in [0.717, 1.165) is 16.5 Å². The van der Waals surface area contributed by atoms with Crippen molar-refractivity contribution in [3.63, 3.8) is 0 Å². The van der Waals surface area contributed by atoms with Crippen LogP contribution in [-0.2, 0) is 4.84 Å². The zero-order valence-corrected chi connectivity index (χ0v) is 10.4. The first-order valence-electron chi connectivity index (χ1n) is 5.85. The number of benzene rings is 1. The van der Waals surface area contributed by atoms with Crippen LogP contribution in [0.1, 0.15) is 5.56 Å². The molecule has 3 aromatic rings. The number of aromatic nitrogens is 3. The lowest BCUT2D eigenvalue weighted by molar-refractivity contribution is 0.212. The first kappa shape index (κ1) is 11.4. The van der Waals surface area contributed by atoms with Crippen LogP contribution < -0.4 is 0 Å². The Bertz CT molecular complexity index is 719. The third kappa shape index (κ3) is 2.18. The van der Waals surface area contributed by atoms with Crippen molar-refractivity contribution in [2.24, 2.45) is 5.16 Å². The van der Waals surface area contributed by atoms with E-state index in [2.05, 4.69) is 15.2 Å². The molecule has 5 nitrogen and oxygen atoms in total. The minimum atomic E-state index is 0.603. The Kier molecular flexibility index (Phi) is 2.94. The molecule has 0 saturated carbocycles. The van der Waals surface area contributed by atoms with E-state index >= 15 is 0 Å². The van der Waals surface area contributed by atoms with Gasteiger partial charge in [-0.25, -0.2) is 4.68 Å². The van der Waals surface area contributed by atoms with Gasteiger partial charge in [0, 0.05) is 29.5 Å². The normalized spacial score (nSPS) is 11.7. The number of rotatable bonds is 2. The maximum absolute atomic E-state index is 4.89. The van der Waals surface area contributed by atoms with Gasteiger partial charge in [0.2, 0.25) is 5.84 Å². The molecule has 19 heavy (non-hydrogen) atoms. The van der Waals surface area contributed by atoms with Gasteiger partial charge in [0.05, 0.1) is 5.52 Å². The van der Waals surface area contributed by atoms with Gasteiger partial charge < -0.3 is 4.84 Å². The van der Waals surface area contributed by atoms with Crippen molar-refractivity contribution in [2.45, 2.75) is 0 Å². The summed E-state index contributed by atoms with van der Waals surface area (Å²) < 4.78 is 1.65. The number of pyridine rings is 1. The molecule has 0 N–H and O–H groups in total. The average Bonchev–Trinajstić information content (AvgIpc) is 2.98. The number of nitrogens with zero attached hydrogens (tertiary/aromatic N) is 4. The number of hydrogen-bond donors (Lipinski definition) is 0. The smallest absolute Gasteiger partial charge is 0.201 e.